The van der Waals surface area contributed by atoms with Gasteiger partial charge in [-0.3, -0.25) is 4.98 Å². The number of ether oxygens (including phenoxy) is 1. The summed E-state index contributed by atoms with van der Waals surface area (Å²) in [5, 5.41) is 8.98. The molecular weight excluding hydrogens is 268 g/mol. The molecule has 0 spiro atoms. The quantitative estimate of drug-likeness (QED) is 0.851. The number of nitrogens with zero attached hydrogens (tertiary/aromatic N) is 2. The number of aromatic nitrogens is 2. The average molecular weight is 279 g/mol. The topological polar surface area (TPSA) is 72.3 Å². The minimum Gasteiger partial charge on any atom is -0.478 e. The molecule has 98 valence electrons. The molecule has 0 aliphatic carbocycles. The summed E-state index contributed by atoms with van der Waals surface area (Å²) in [7, 11) is 0. The minimum atomic E-state index is -1.07. The highest BCUT2D eigenvalue weighted by molar-refractivity contribution is 6.29. The summed E-state index contributed by atoms with van der Waals surface area (Å²) >= 11 is 5.72. The van der Waals surface area contributed by atoms with Crippen LogP contribution < -0.4 is 4.74 Å². The Morgan fingerprint density at radius 3 is 2.89 bits per heavy atom. The maximum absolute atomic E-state index is 10.8. The van der Waals surface area contributed by atoms with E-state index in [2.05, 4.69) is 9.97 Å². The van der Waals surface area contributed by atoms with Crippen LogP contribution in [0.5, 0.6) is 5.88 Å². The molecule has 0 unspecified atom stereocenters. The fourth-order valence-electron chi connectivity index (χ4n) is 1.48. The van der Waals surface area contributed by atoms with Crippen molar-refractivity contribution in [2.24, 2.45) is 0 Å². The van der Waals surface area contributed by atoms with Gasteiger partial charge < -0.3 is 9.84 Å². The molecule has 0 saturated heterocycles. The van der Waals surface area contributed by atoms with Gasteiger partial charge in [0.2, 0.25) is 5.88 Å². The van der Waals surface area contributed by atoms with Gasteiger partial charge in [0, 0.05) is 24.4 Å². The van der Waals surface area contributed by atoms with Gasteiger partial charge in [0.15, 0.2) is 0 Å². The molecular formula is C13H11ClN2O3. The Bertz CT molecular complexity index is 575. The molecule has 0 aliphatic heterocycles. The second kappa shape index (κ2) is 6.15. The van der Waals surface area contributed by atoms with Gasteiger partial charge in [-0.15, -0.1) is 0 Å². The summed E-state index contributed by atoms with van der Waals surface area (Å²) in [5.74, 6) is -0.875. The normalized spacial score (nSPS) is 10.2. The summed E-state index contributed by atoms with van der Waals surface area (Å²) in [6, 6.07) is 8.23. The maximum atomic E-state index is 10.8. The van der Waals surface area contributed by atoms with E-state index in [-0.39, 0.29) is 16.6 Å². The standard InChI is InChI=1S/C13H11ClN2O3/c14-11-7-9(13(17)18)8-12(16-11)19-6-4-10-3-1-2-5-15-10/h1-3,5,7-8H,4,6H2,(H,17,18). The molecule has 2 aromatic rings. The van der Waals surface area contributed by atoms with E-state index in [1.807, 2.05) is 18.2 Å². The fraction of sp³-hybridized carbons (Fsp3) is 0.154. The number of rotatable bonds is 5. The zero-order valence-corrected chi connectivity index (χ0v) is 10.7. The van der Waals surface area contributed by atoms with Gasteiger partial charge in [0.25, 0.3) is 0 Å². The Hall–Kier alpha value is -2.14. The largest absolute Gasteiger partial charge is 0.478 e. The third-order valence-corrected chi connectivity index (χ3v) is 2.55. The van der Waals surface area contributed by atoms with Crippen molar-refractivity contribution in [1.82, 2.24) is 9.97 Å². The van der Waals surface area contributed by atoms with Crippen molar-refractivity contribution >= 4 is 17.6 Å². The van der Waals surface area contributed by atoms with Crippen LogP contribution in [0.2, 0.25) is 5.15 Å². The van der Waals surface area contributed by atoms with E-state index >= 15 is 0 Å². The molecule has 0 aliphatic rings. The Balaban J connectivity index is 1.98. The smallest absolute Gasteiger partial charge is 0.335 e. The molecule has 1 N–H and O–H groups in total. The first-order chi connectivity index (χ1) is 9.15. The molecule has 2 heterocycles. The van der Waals surface area contributed by atoms with Crippen LogP contribution in [0.1, 0.15) is 16.1 Å². The Morgan fingerprint density at radius 2 is 2.21 bits per heavy atom. The summed E-state index contributed by atoms with van der Waals surface area (Å²) in [5.41, 5.74) is 0.941. The lowest BCUT2D eigenvalue weighted by molar-refractivity contribution is 0.0696. The summed E-state index contributed by atoms with van der Waals surface area (Å²) in [6.45, 7) is 0.351. The first-order valence-corrected chi connectivity index (χ1v) is 5.96. The van der Waals surface area contributed by atoms with Crippen molar-refractivity contribution in [3.63, 3.8) is 0 Å². The summed E-state index contributed by atoms with van der Waals surface area (Å²) < 4.78 is 5.38. The highest BCUT2D eigenvalue weighted by atomic mass is 35.5. The van der Waals surface area contributed by atoms with E-state index in [1.165, 1.54) is 12.1 Å². The van der Waals surface area contributed by atoms with Crippen LogP contribution in [-0.4, -0.2) is 27.7 Å². The molecule has 0 radical (unpaired) electrons. The van der Waals surface area contributed by atoms with Gasteiger partial charge in [-0.1, -0.05) is 17.7 Å². The number of carboxylic acid groups (broad SMARTS) is 1. The van der Waals surface area contributed by atoms with Gasteiger partial charge in [0.1, 0.15) is 5.15 Å². The van der Waals surface area contributed by atoms with E-state index in [0.717, 1.165) is 5.69 Å². The second-order valence-electron chi connectivity index (χ2n) is 3.74. The van der Waals surface area contributed by atoms with Gasteiger partial charge in [-0.2, -0.15) is 0 Å². The predicted octanol–water partition coefficient (Wildman–Crippen LogP) is 2.45. The van der Waals surface area contributed by atoms with E-state index in [9.17, 15) is 4.79 Å². The molecule has 5 nitrogen and oxygen atoms in total. The molecule has 0 bridgehead atoms. The molecule has 19 heavy (non-hydrogen) atoms. The predicted molar refractivity (Wildman–Crippen MR) is 69.6 cm³/mol. The number of aromatic carboxylic acids is 1. The first-order valence-electron chi connectivity index (χ1n) is 5.59. The van der Waals surface area contributed by atoms with Crippen LogP contribution in [0.4, 0.5) is 0 Å². The van der Waals surface area contributed by atoms with E-state index in [0.29, 0.717) is 13.0 Å². The van der Waals surface area contributed by atoms with Crippen molar-refractivity contribution in [3.8, 4) is 5.88 Å². The van der Waals surface area contributed by atoms with Gasteiger partial charge >= 0.3 is 5.97 Å². The van der Waals surface area contributed by atoms with Crippen LogP contribution in [-0.2, 0) is 6.42 Å². The van der Waals surface area contributed by atoms with E-state index in [1.54, 1.807) is 6.20 Å². The molecule has 0 atom stereocenters. The van der Waals surface area contributed by atoms with Crippen molar-refractivity contribution in [2.75, 3.05) is 6.61 Å². The molecule has 0 saturated carbocycles. The lowest BCUT2D eigenvalue weighted by Crippen LogP contribution is -2.05. The number of halogens is 1. The third kappa shape index (κ3) is 3.93. The average Bonchev–Trinajstić information content (AvgIpc) is 2.39. The Labute approximate surface area is 114 Å². The number of hydrogen-bond donors (Lipinski definition) is 1. The van der Waals surface area contributed by atoms with Crippen LogP contribution >= 0.6 is 11.6 Å². The van der Waals surface area contributed by atoms with Crippen molar-refractivity contribution < 1.29 is 14.6 Å². The first kappa shape index (κ1) is 13.3. The van der Waals surface area contributed by atoms with E-state index < -0.39 is 5.97 Å². The SMILES string of the molecule is O=C(O)c1cc(Cl)nc(OCCc2ccccn2)c1. The lowest BCUT2D eigenvalue weighted by Gasteiger charge is -2.06. The third-order valence-electron chi connectivity index (χ3n) is 2.35. The highest BCUT2D eigenvalue weighted by Crippen LogP contribution is 2.16. The molecule has 0 aromatic carbocycles. The van der Waals surface area contributed by atoms with Crippen LogP contribution in [0, 0.1) is 0 Å². The Morgan fingerprint density at radius 1 is 1.37 bits per heavy atom. The van der Waals surface area contributed by atoms with Crippen molar-refractivity contribution in [3.05, 3.63) is 52.9 Å². The highest BCUT2D eigenvalue weighted by Gasteiger charge is 2.08. The zero-order valence-electron chi connectivity index (χ0n) is 9.91. The Kier molecular flexibility index (Phi) is 4.30. The van der Waals surface area contributed by atoms with Crippen molar-refractivity contribution in [1.29, 1.82) is 0 Å². The number of carboxylic acids is 1. The van der Waals surface area contributed by atoms with E-state index in [4.69, 9.17) is 21.4 Å². The molecule has 2 rings (SSSR count). The van der Waals surface area contributed by atoms with Crippen molar-refractivity contribution in [2.45, 2.75) is 6.42 Å². The minimum absolute atomic E-state index is 0.0489. The van der Waals surface area contributed by atoms with Gasteiger partial charge in [0.05, 0.1) is 12.2 Å². The molecule has 2 aromatic heterocycles. The summed E-state index contributed by atoms with van der Waals surface area (Å²) in [4.78, 5) is 18.9. The van der Waals surface area contributed by atoms with Crippen LogP contribution in [0.25, 0.3) is 0 Å². The molecule has 0 amide bonds. The fourth-order valence-corrected chi connectivity index (χ4v) is 1.68. The molecule has 6 heteroatoms. The van der Waals surface area contributed by atoms with Gasteiger partial charge in [-0.05, 0) is 18.2 Å². The number of carbonyl (C=O) groups is 1. The maximum Gasteiger partial charge on any atom is 0.335 e. The van der Waals surface area contributed by atoms with Crippen LogP contribution in [0.15, 0.2) is 36.5 Å². The number of hydrogen-bond acceptors (Lipinski definition) is 4. The summed E-state index contributed by atoms with van der Waals surface area (Å²) in [6.07, 6.45) is 2.31. The van der Waals surface area contributed by atoms with Gasteiger partial charge in [-0.25, -0.2) is 9.78 Å². The lowest BCUT2D eigenvalue weighted by atomic mass is 10.2. The monoisotopic (exact) mass is 278 g/mol. The van der Waals surface area contributed by atoms with Crippen LogP contribution in [0.3, 0.4) is 0 Å². The zero-order chi connectivity index (χ0) is 13.7. The molecule has 0 fully saturated rings. The second-order valence-corrected chi connectivity index (χ2v) is 4.13. The number of pyridine rings is 2.